The Labute approximate surface area is 205 Å². The molecule has 0 atom stereocenters. The van der Waals surface area contributed by atoms with Gasteiger partial charge in [-0.05, 0) is 81.5 Å². The molecule has 1 heterocycles. The number of esters is 1. The molecule has 35 heavy (non-hydrogen) atoms. The highest BCUT2D eigenvalue weighted by molar-refractivity contribution is 7.89. The number of aromatic amines is 1. The van der Waals surface area contributed by atoms with Crippen LogP contribution in [0.25, 0.3) is 22.2 Å². The monoisotopic (exact) mass is 497 g/mol. The van der Waals surface area contributed by atoms with Gasteiger partial charge in [0.2, 0.25) is 15.9 Å². The number of carbonyl (C=O) groups excluding carboxylic acids is 2. The van der Waals surface area contributed by atoms with Crippen molar-refractivity contribution in [3.8, 4) is 11.3 Å². The van der Waals surface area contributed by atoms with Crippen LogP contribution in [-0.4, -0.2) is 37.4 Å². The van der Waals surface area contributed by atoms with Gasteiger partial charge in [-0.2, -0.15) is 0 Å². The molecule has 1 fully saturated rings. The Hall–Kier alpha value is -3.17. The summed E-state index contributed by atoms with van der Waals surface area (Å²) in [6.07, 6.45) is 2.27. The number of nitrogens with one attached hydrogen (secondary N) is 3. The molecule has 9 heteroatoms. The normalized spacial score (nSPS) is 18.5. The quantitative estimate of drug-likeness (QED) is 0.413. The van der Waals surface area contributed by atoms with Crippen LogP contribution in [0.4, 0.5) is 5.69 Å². The number of H-pyrrole nitrogens is 1. The third-order valence-electron chi connectivity index (χ3n) is 6.15. The Morgan fingerprint density at radius 2 is 1.69 bits per heavy atom. The highest BCUT2D eigenvalue weighted by Gasteiger charge is 2.30. The van der Waals surface area contributed by atoms with Gasteiger partial charge in [0.25, 0.3) is 0 Å². The fraction of sp³-hybridized carbons (Fsp3) is 0.385. The number of sulfonamides is 1. The highest BCUT2D eigenvalue weighted by atomic mass is 32.2. The van der Waals surface area contributed by atoms with Crippen molar-refractivity contribution in [1.29, 1.82) is 0 Å². The van der Waals surface area contributed by atoms with Gasteiger partial charge in [0.15, 0.2) is 0 Å². The van der Waals surface area contributed by atoms with E-state index in [4.69, 9.17) is 4.74 Å². The predicted molar refractivity (Wildman–Crippen MR) is 135 cm³/mol. The standard InChI is InChI=1S/C26H31N3O5S/c1-16(2)34-26(31)19-6-10-22(11-7-19)29-35(32,33)23-12-13-24-20(14-23)15-25(28-24)18-4-8-21(9-5-18)27-17(3)30/h4-5,8-9,12-16,19,22,28-29H,6-7,10-11H2,1-3H3,(H,27,30). The van der Waals surface area contributed by atoms with E-state index >= 15 is 0 Å². The van der Waals surface area contributed by atoms with Crippen LogP contribution in [0.3, 0.4) is 0 Å². The van der Waals surface area contributed by atoms with Crippen molar-refractivity contribution in [2.75, 3.05) is 5.32 Å². The van der Waals surface area contributed by atoms with Gasteiger partial charge in [-0.1, -0.05) is 12.1 Å². The SMILES string of the molecule is CC(=O)Nc1ccc(-c2cc3cc(S(=O)(=O)NC4CCC(C(=O)OC(C)C)CC4)ccc3[nH]2)cc1. The summed E-state index contributed by atoms with van der Waals surface area (Å²) in [5, 5.41) is 3.52. The molecule has 0 unspecified atom stereocenters. The first-order chi connectivity index (χ1) is 16.6. The van der Waals surface area contributed by atoms with Crippen molar-refractivity contribution in [2.24, 2.45) is 5.92 Å². The lowest BCUT2D eigenvalue weighted by Crippen LogP contribution is -2.39. The van der Waals surface area contributed by atoms with E-state index in [0.717, 1.165) is 22.2 Å². The van der Waals surface area contributed by atoms with Crippen LogP contribution in [0.5, 0.6) is 0 Å². The van der Waals surface area contributed by atoms with Gasteiger partial charge in [-0.25, -0.2) is 13.1 Å². The largest absolute Gasteiger partial charge is 0.463 e. The number of benzene rings is 2. The molecule has 0 saturated heterocycles. The topological polar surface area (TPSA) is 117 Å². The second-order valence-electron chi connectivity index (χ2n) is 9.35. The van der Waals surface area contributed by atoms with Gasteiger partial charge >= 0.3 is 5.97 Å². The maximum absolute atomic E-state index is 13.1. The molecule has 2 aromatic carbocycles. The van der Waals surface area contributed by atoms with Gasteiger partial charge < -0.3 is 15.0 Å². The molecular weight excluding hydrogens is 466 g/mol. The van der Waals surface area contributed by atoms with E-state index in [2.05, 4.69) is 15.0 Å². The first-order valence-corrected chi connectivity index (χ1v) is 13.3. The first kappa shape index (κ1) is 24.9. The molecule has 1 aliphatic carbocycles. The summed E-state index contributed by atoms with van der Waals surface area (Å²) in [7, 11) is -3.70. The van der Waals surface area contributed by atoms with Gasteiger partial charge in [0.1, 0.15) is 0 Å². The summed E-state index contributed by atoms with van der Waals surface area (Å²) in [6.45, 7) is 5.11. The fourth-order valence-electron chi connectivity index (χ4n) is 4.43. The number of rotatable bonds is 7. The number of hydrogen-bond acceptors (Lipinski definition) is 5. The summed E-state index contributed by atoms with van der Waals surface area (Å²) >= 11 is 0. The molecule has 1 saturated carbocycles. The zero-order valence-corrected chi connectivity index (χ0v) is 20.9. The minimum Gasteiger partial charge on any atom is -0.463 e. The lowest BCUT2D eigenvalue weighted by Gasteiger charge is -2.28. The van der Waals surface area contributed by atoms with E-state index in [-0.39, 0.29) is 34.8 Å². The van der Waals surface area contributed by atoms with Crippen molar-refractivity contribution >= 4 is 38.5 Å². The molecule has 0 bridgehead atoms. The minimum absolute atomic E-state index is 0.132. The minimum atomic E-state index is -3.70. The zero-order chi connectivity index (χ0) is 25.2. The number of anilines is 1. The number of carbonyl (C=O) groups is 2. The van der Waals surface area contributed by atoms with Gasteiger partial charge in [-0.15, -0.1) is 0 Å². The Morgan fingerprint density at radius 1 is 1.00 bits per heavy atom. The van der Waals surface area contributed by atoms with Crippen LogP contribution in [-0.2, 0) is 24.3 Å². The molecule has 4 rings (SSSR count). The first-order valence-electron chi connectivity index (χ1n) is 11.8. The number of aromatic nitrogens is 1. The summed E-state index contributed by atoms with van der Waals surface area (Å²) in [5.74, 6) is -0.493. The third kappa shape index (κ3) is 6.10. The van der Waals surface area contributed by atoms with Crippen molar-refractivity contribution in [2.45, 2.75) is 63.5 Å². The van der Waals surface area contributed by atoms with Gasteiger partial charge in [0.05, 0.1) is 16.9 Å². The van der Waals surface area contributed by atoms with Crippen molar-refractivity contribution < 1.29 is 22.7 Å². The summed E-state index contributed by atoms with van der Waals surface area (Å²) < 4.78 is 34.2. The molecule has 186 valence electrons. The summed E-state index contributed by atoms with van der Waals surface area (Å²) in [6, 6.07) is 14.1. The smallest absolute Gasteiger partial charge is 0.309 e. The second kappa shape index (κ2) is 10.2. The molecule has 0 spiro atoms. The molecule has 0 aliphatic heterocycles. The molecule has 0 radical (unpaired) electrons. The molecule has 3 aromatic rings. The average molecular weight is 498 g/mol. The van der Waals surface area contributed by atoms with Crippen molar-refractivity contribution in [3.63, 3.8) is 0 Å². The number of ether oxygens (including phenoxy) is 1. The molecular formula is C26H31N3O5S. The van der Waals surface area contributed by atoms with Crippen LogP contribution in [0, 0.1) is 5.92 Å². The second-order valence-corrected chi connectivity index (χ2v) is 11.1. The van der Waals surface area contributed by atoms with E-state index in [1.165, 1.54) is 6.92 Å². The lowest BCUT2D eigenvalue weighted by atomic mass is 9.86. The van der Waals surface area contributed by atoms with Crippen LogP contribution in [0.1, 0.15) is 46.5 Å². The molecule has 1 amide bonds. The Morgan fingerprint density at radius 3 is 2.31 bits per heavy atom. The van der Waals surface area contributed by atoms with E-state index in [1.54, 1.807) is 18.2 Å². The average Bonchev–Trinajstić information content (AvgIpc) is 3.22. The lowest BCUT2D eigenvalue weighted by molar-refractivity contribution is -0.153. The third-order valence-corrected chi connectivity index (χ3v) is 7.67. The Balaban J connectivity index is 1.44. The van der Waals surface area contributed by atoms with Crippen LogP contribution >= 0.6 is 0 Å². The molecule has 8 nitrogen and oxygen atoms in total. The number of fused-ring (bicyclic) bond motifs is 1. The number of hydrogen-bond donors (Lipinski definition) is 3. The Bertz CT molecular complexity index is 1320. The Kier molecular flexibility index (Phi) is 7.28. The predicted octanol–water partition coefficient (Wildman–Crippen LogP) is 4.58. The van der Waals surface area contributed by atoms with Crippen LogP contribution in [0.15, 0.2) is 53.4 Å². The van der Waals surface area contributed by atoms with E-state index in [1.807, 2.05) is 44.2 Å². The maximum atomic E-state index is 13.1. The van der Waals surface area contributed by atoms with Crippen LogP contribution < -0.4 is 10.0 Å². The van der Waals surface area contributed by atoms with Gasteiger partial charge in [-0.3, -0.25) is 9.59 Å². The fourth-order valence-corrected chi connectivity index (χ4v) is 5.77. The maximum Gasteiger partial charge on any atom is 0.309 e. The van der Waals surface area contributed by atoms with Crippen molar-refractivity contribution in [3.05, 3.63) is 48.5 Å². The van der Waals surface area contributed by atoms with Gasteiger partial charge in [0, 0.05) is 35.2 Å². The van der Waals surface area contributed by atoms with Crippen LogP contribution in [0.2, 0.25) is 0 Å². The zero-order valence-electron chi connectivity index (χ0n) is 20.1. The molecule has 3 N–H and O–H groups in total. The van der Waals surface area contributed by atoms with E-state index < -0.39 is 10.0 Å². The summed E-state index contributed by atoms with van der Waals surface area (Å²) in [5.41, 5.74) is 3.31. The summed E-state index contributed by atoms with van der Waals surface area (Å²) in [4.78, 5) is 26.9. The molecule has 1 aliphatic rings. The number of amides is 1. The molecule has 1 aromatic heterocycles. The van der Waals surface area contributed by atoms with E-state index in [9.17, 15) is 18.0 Å². The highest BCUT2D eigenvalue weighted by Crippen LogP contribution is 2.29. The van der Waals surface area contributed by atoms with Crippen molar-refractivity contribution in [1.82, 2.24) is 9.71 Å². The van der Waals surface area contributed by atoms with E-state index in [0.29, 0.717) is 31.4 Å².